The van der Waals surface area contributed by atoms with E-state index in [1.54, 1.807) is 24.5 Å². The topological polar surface area (TPSA) is 124 Å². The van der Waals surface area contributed by atoms with Crippen molar-refractivity contribution < 1.29 is 32.9 Å². The van der Waals surface area contributed by atoms with Crippen LogP contribution in [0.15, 0.2) is 59.8 Å². The van der Waals surface area contributed by atoms with Crippen LogP contribution in [-0.2, 0) is 16.4 Å². The fraction of sp³-hybridized carbons (Fsp3) is 0.286. The Hall–Kier alpha value is -4.39. The van der Waals surface area contributed by atoms with Gasteiger partial charge in [-0.2, -0.15) is 0 Å². The lowest BCUT2D eigenvalue weighted by Crippen LogP contribution is -2.30. The number of fused-ring (bicyclic) bond motifs is 3. The number of aromatic nitrogens is 3. The summed E-state index contributed by atoms with van der Waals surface area (Å²) >= 11 is 0. The second kappa shape index (κ2) is 11.6. The van der Waals surface area contributed by atoms with Crippen LogP contribution >= 0.6 is 0 Å². The maximum atomic E-state index is 14.6. The van der Waals surface area contributed by atoms with Crippen molar-refractivity contribution >= 4 is 38.3 Å². The molecule has 0 unspecified atom stereocenters. The van der Waals surface area contributed by atoms with E-state index in [0.29, 0.717) is 41.7 Å². The fourth-order valence-corrected chi connectivity index (χ4v) is 5.83. The number of ether oxygens (including phenoxy) is 2. The van der Waals surface area contributed by atoms with E-state index >= 15 is 0 Å². The standard InChI is InChI=1S/C26H21F2N5O5S.C2H6.H2/c27-18-10-16(11-21-24(18)38-8-5-22(28)39(21,35)36)26(34)31-14-17-12-19-15(13-30-17)3-4-23(32-19)33-7-9-37-20-2-1-6-29-25(20)33;1-2;/h1-4,6,10-13,22H,5,7-9,14H2,(H,31,34);1-2H3;1H/t22-;;/m1../s1. The Balaban J connectivity index is 0.00000132. The van der Waals surface area contributed by atoms with Crippen LogP contribution in [-0.4, -0.2) is 54.5 Å². The molecule has 0 saturated carbocycles. The molecule has 1 amide bonds. The highest BCUT2D eigenvalue weighted by Crippen LogP contribution is 2.36. The van der Waals surface area contributed by atoms with Gasteiger partial charge in [0.05, 0.1) is 30.9 Å². The Kier molecular flexibility index (Phi) is 7.97. The zero-order chi connectivity index (χ0) is 29.1. The lowest BCUT2D eigenvalue weighted by atomic mass is 10.2. The largest absolute Gasteiger partial charge is 0.489 e. The van der Waals surface area contributed by atoms with Gasteiger partial charge < -0.3 is 19.7 Å². The fourth-order valence-electron chi connectivity index (χ4n) is 4.44. The highest BCUT2D eigenvalue weighted by Gasteiger charge is 2.35. The van der Waals surface area contributed by atoms with Crippen LogP contribution in [0.4, 0.5) is 20.4 Å². The molecule has 216 valence electrons. The molecule has 0 saturated heterocycles. The lowest BCUT2D eigenvalue weighted by molar-refractivity contribution is 0.0949. The molecule has 10 nitrogen and oxygen atoms in total. The van der Waals surface area contributed by atoms with E-state index in [1.807, 2.05) is 36.9 Å². The highest BCUT2D eigenvalue weighted by molar-refractivity contribution is 7.92. The van der Waals surface area contributed by atoms with Crippen LogP contribution in [0.5, 0.6) is 11.5 Å². The Morgan fingerprint density at radius 1 is 1.15 bits per heavy atom. The molecular formula is C28H29F2N5O5S. The molecule has 2 aliphatic rings. The van der Waals surface area contributed by atoms with E-state index in [0.717, 1.165) is 17.5 Å². The lowest BCUT2D eigenvalue weighted by Gasteiger charge is -2.29. The van der Waals surface area contributed by atoms with Crippen molar-refractivity contribution in [2.24, 2.45) is 0 Å². The zero-order valence-electron chi connectivity index (χ0n) is 22.3. The number of hydrogen-bond acceptors (Lipinski definition) is 9. The summed E-state index contributed by atoms with van der Waals surface area (Å²) in [5.74, 6) is -0.401. The molecule has 0 bridgehead atoms. The van der Waals surface area contributed by atoms with Crippen LogP contribution < -0.4 is 19.7 Å². The molecule has 1 atom stereocenters. The van der Waals surface area contributed by atoms with E-state index in [1.165, 1.54) is 0 Å². The molecule has 0 aliphatic carbocycles. The number of hydrogen-bond donors (Lipinski definition) is 1. The van der Waals surface area contributed by atoms with Crippen molar-refractivity contribution in [3.05, 3.63) is 71.9 Å². The van der Waals surface area contributed by atoms with Gasteiger partial charge >= 0.3 is 0 Å². The molecule has 0 spiro atoms. The van der Waals surface area contributed by atoms with Gasteiger partial charge in [-0.25, -0.2) is 27.2 Å². The van der Waals surface area contributed by atoms with Crippen LogP contribution in [0.25, 0.3) is 10.9 Å². The van der Waals surface area contributed by atoms with Crippen molar-refractivity contribution in [2.75, 3.05) is 24.7 Å². The van der Waals surface area contributed by atoms with Gasteiger partial charge in [-0.3, -0.25) is 9.78 Å². The third-order valence-electron chi connectivity index (χ3n) is 6.41. The molecule has 1 aromatic carbocycles. The Bertz CT molecular complexity index is 1730. The minimum Gasteiger partial charge on any atom is -0.489 e. The molecule has 0 fully saturated rings. The first-order chi connectivity index (χ1) is 19.8. The second-order valence-electron chi connectivity index (χ2n) is 8.92. The number of benzene rings is 1. The van der Waals surface area contributed by atoms with Crippen molar-refractivity contribution in [1.82, 2.24) is 20.3 Å². The Labute approximate surface area is 236 Å². The number of carbonyl (C=O) groups is 1. The highest BCUT2D eigenvalue weighted by atomic mass is 32.2. The molecule has 13 heteroatoms. The van der Waals surface area contributed by atoms with Gasteiger partial charge in [-0.15, -0.1) is 0 Å². The monoisotopic (exact) mass is 585 g/mol. The normalized spacial score (nSPS) is 17.1. The van der Waals surface area contributed by atoms with Crippen molar-refractivity contribution in [3.8, 4) is 11.5 Å². The Morgan fingerprint density at radius 3 is 2.80 bits per heavy atom. The average molecular weight is 586 g/mol. The van der Waals surface area contributed by atoms with Crippen LogP contribution in [0.2, 0.25) is 0 Å². The van der Waals surface area contributed by atoms with E-state index in [9.17, 15) is 22.0 Å². The van der Waals surface area contributed by atoms with Crippen molar-refractivity contribution in [1.29, 1.82) is 0 Å². The van der Waals surface area contributed by atoms with E-state index in [2.05, 4.69) is 15.3 Å². The number of amides is 1. The molecule has 3 aromatic heterocycles. The summed E-state index contributed by atoms with van der Waals surface area (Å²) < 4.78 is 64.5. The minimum absolute atomic E-state index is 0. The van der Waals surface area contributed by atoms with Crippen LogP contribution in [0.1, 0.15) is 37.7 Å². The smallest absolute Gasteiger partial charge is 0.251 e. The molecule has 5 heterocycles. The molecule has 41 heavy (non-hydrogen) atoms. The first-order valence-electron chi connectivity index (χ1n) is 13.0. The number of halogens is 2. The molecule has 4 aromatic rings. The van der Waals surface area contributed by atoms with Crippen molar-refractivity contribution in [3.63, 3.8) is 0 Å². The molecule has 0 radical (unpaired) electrons. The number of nitrogens with one attached hydrogen (secondary N) is 1. The third-order valence-corrected chi connectivity index (χ3v) is 8.23. The number of pyridine rings is 3. The van der Waals surface area contributed by atoms with Gasteiger partial charge in [-0.1, -0.05) is 13.8 Å². The van der Waals surface area contributed by atoms with Gasteiger partial charge in [-0.05, 0) is 42.5 Å². The summed E-state index contributed by atoms with van der Waals surface area (Å²) in [7, 11) is -4.51. The van der Waals surface area contributed by atoms with Crippen molar-refractivity contribution in [2.45, 2.75) is 37.2 Å². The van der Waals surface area contributed by atoms with E-state index < -0.39 is 44.1 Å². The molecular weight excluding hydrogens is 556 g/mol. The Morgan fingerprint density at radius 2 is 1.98 bits per heavy atom. The zero-order valence-corrected chi connectivity index (χ0v) is 23.1. The van der Waals surface area contributed by atoms with Gasteiger partial charge in [0.25, 0.3) is 5.91 Å². The predicted molar refractivity (Wildman–Crippen MR) is 150 cm³/mol. The van der Waals surface area contributed by atoms with Crippen LogP contribution in [0.3, 0.4) is 0 Å². The summed E-state index contributed by atoms with van der Waals surface area (Å²) in [6, 6.07) is 10.9. The second-order valence-corrected chi connectivity index (χ2v) is 11.0. The first kappa shape index (κ1) is 28.1. The van der Waals surface area contributed by atoms with Gasteiger partial charge in [0.1, 0.15) is 17.3 Å². The number of rotatable bonds is 4. The maximum absolute atomic E-state index is 14.6. The molecule has 6 rings (SSSR count). The number of anilines is 2. The van der Waals surface area contributed by atoms with Gasteiger partial charge in [0.15, 0.2) is 23.1 Å². The van der Waals surface area contributed by atoms with Gasteiger partial charge in [0.2, 0.25) is 15.3 Å². The number of alkyl halides is 1. The predicted octanol–water partition coefficient (Wildman–Crippen LogP) is 4.75. The quantitative estimate of drug-likeness (QED) is 0.361. The summed E-state index contributed by atoms with van der Waals surface area (Å²) in [4.78, 5) is 27.6. The van der Waals surface area contributed by atoms with Crippen LogP contribution in [0, 0.1) is 5.82 Å². The minimum atomic E-state index is -4.51. The molecule has 2 aliphatic heterocycles. The summed E-state index contributed by atoms with van der Waals surface area (Å²) in [6.07, 6.45) is 2.86. The van der Waals surface area contributed by atoms with E-state index in [-0.39, 0.29) is 20.1 Å². The summed E-state index contributed by atoms with van der Waals surface area (Å²) in [5.41, 5.74) is -1.44. The number of carbonyl (C=O) groups excluding carboxylic acids is 1. The number of nitrogens with zero attached hydrogens (tertiary/aromatic N) is 4. The maximum Gasteiger partial charge on any atom is 0.251 e. The first-order valence-corrected chi connectivity index (χ1v) is 14.6. The van der Waals surface area contributed by atoms with Gasteiger partial charge in [0, 0.05) is 31.2 Å². The third kappa shape index (κ3) is 5.49. The molecule has 1 N–H and O–H groups in total. The average Bonchev–Trinajstić information content (AvgIpc) is 3.11. The summed E-state index contributed by atoms with van der Waals surface area (Å²) in [6.45, 7) is 4.70. The number of sulfone groups is 1. The summed E-state index contributed by atoms with van der Waals surface area (Å²) in [5, 5.41) is 3.38. The SMILES string of the molecule is CC.O=C(NCc1cc2nc(N3CCOc4cccnc43)ccc2cn1)c1cc(F)c2c(c1)S(=O)(=O)[C@@H](F)CCO2.[HH]. The van der Waals surface area contributed by atoms with E-state index in [4.69, 9.17) is 14.5 Å².